The van der Waals surface area contributed by atoms with Crippen LogP contribution < -0.4 is 5.43 Å². The molecular weight excluding hydrogens is 383 g/mol. The van der Waals surface area contributed by atoms with Gasteiger partial charge in [0.05, 0.1) is 12.8 Å². The number of carbonyl (C=O) groups is 1. The van der Waals surface area contributed by atoms with Gasteiger partial charge in [0.25, 0.3) is 5.91 Å². The van der Waals surface area contributed by atoms with E-state index in [4.69, 9.17) is 0 Å². The zero-order valence-corrected chi connectivity index (χ0v) is 15.8. The summed E-state index contributed by atoms with van der Waals surface area (Å²) in [5.74, 6) is -0.166. The molecule has 0 atom stereocenters. The molecule has 4 aromatic rings. The standard InChI is InChI=1S/C22H17FN6O/c23-20-8-4-5-17(13-20)14-24-26-22(30)19-11-9-16(10-12-19)15-29-27-21(25-28-29)18-6-2-1-3-7-18/h1-14H,15H2,(H,26,30)/b24-14+. The number of hydrazone groups is 1. The van der Waals surface area contributed by atoms with Gasteiger partial charge in [-0.25, -0.2) is 9.82 Å². The van der Waals surface area contributed by atoms with Gasteiger partial charge in [0.15, 0.2) is 0 Å². The fraction of sp³-hybridized carbons (Fsp3) is 0.0455. The van der Waals surface area contributed by atoms with Crippen LogP contribution in [-0.4, -0.2) is 32.3 Å². The van der Waals surface area contributed by atoms with E-state index >= 15 is 0 Å². The number of hydrogen-bond acceptors (Lipinski definition) is 5. The maximum absolute atomic E-state index is 13.1. The predicted octanol–water partition coefficient (Wildman–Crippen LogP) is 3.29. The van der Waals surface area contributed by atoms with Gasteiger partial charge in [0, 0.05) is 11.1 Å². The number of tetrazole rings is 1. The van der Waals surface area contributed by atoms with Gasteiger partial charge in [-0.05, 0) is 40.6 Å². The van der Waals surface area contributed by atoms with Crippen LogP contribution in [0, 0.1) is 5.82 Å². The number of aromatic nitrogens is 4. The third kappa shape index (κ3) is 4.79. The Hall–Kier alpha value is -4.20. The van der Waals surface area contributed by atoms with Crippen molar-refractivity contribution in [1.82, 2.24) is 25.6 Å². The molecule has 0 radical (unpaired) electrons. The Balaban J connectivity index is 1.36. The molecule has 8 heteroatoms. The van der Waals surface area contributed by atoms with Gasteiger partial charge in [0.2, 0.25) is 5.82 Å². The van der Waals surface area contributed by atoms with Crippen LogP contribution in [0.3, 0.4) is 0 Å². The van der Waals surface area contributed by atoms with E-state index in [1.165, 1.54) is 23.1 Å². The van der Waals surface area contributed by atoms with Crippen molar-refractivity contribution in [1.29, 1.82) is 0 Å². The van der Waals surface area contributed by atoms with Crippen molar-refractivity contribution in [3.8, 4) is 11.4 Å². The van der Waals surface area contributed by atoms with E-state index in [2.05, 4.69) is 25.9 Å². The van der Waals surface area contributed by atoms with Crippen LogP contribution in [-0.2, 0) is 6.54 Å². The van der Waals surface area contributed by atoms with E-state index in [-0.39, 0.29) is 11.7 Å². The average Bonchev–Trinajstić information content (AvgIpc) is 3.23. The van der Waals surface area contributed by atoms with E-state index < -0.39 is 0 Å². The quantitative estimate of drug-likeness (QED) is 0.398. The molecule has 0 saturated heterocycles. The summed E-state index contributed by atoms with van der Waals surface area (Å²) in [6.45, 7) is 0.430. The molecule has 1 aromatic heterocycles. The zero-order valence-electron chi connectivity index (χ0n) is 15.8. The minimum absolute atomic E-state index is 0.362. The molecule has 3 aromatic carbocycles. The minimum Gasteiger partial charge on any atom is -0.267 e. The lowest BCUT2D eigenvalue weighted by atomic mass is 10.1. The van der Waals surface area contributed by atoms with Crippen molar-refractivity contribution in [2.24, 2.45) is 5.10 Å². The van der Waals surface area contributed by atoms with Gasteiger partial charge >= 0.3 is 0 Å². The lowest BCUT2D eigenvalue weighted by Crippen LogP contribution is -2.17. The van der Waals surface area contributed by atoms with Gasteiger partial charge in [-0.15, -0.1) is 10.2 Å². The molecule has 0 fully saturated rings. The van der Waals surface area contributed by atoms with Crippen molar-refractivity contribution in [3.63, 3.8) is 0 Å². The van der Waals surface area contributed by atoms with Crippen LogP contribution in [0.5, 0.6) is 0 Å². The van der Waals surface area contributed by atoms with E-state index in [0.717, 1.165) is 11.1 Å². The highest BCUT2D eigenvalue weighted by Gasteiger charge is 2.07. The molecule has 30 heavy (non-hydrogen) atoms. The Bertz CT molecular complexity index is 1170. The van der Waals surface area contributed by atoms with Crippen molar-refractivity contribution in [2.45, 2.75) is 6.54 Å². The van der Waals surface area contributed by atoms with Crippen LogP contribution >= 0.6 is 0 Å². The molecule has 1 amide bonds. The molecule has 148 valence electrons. The number of carbonyl (C=O) groups excluding carboxylic acids is 1. The molecule has 0 aliphatic rings. The van der Waals surface area contributed by atoms with Crippen molar-refractivity contribution >= 4 is 12.1 Å². The molecule has 0 bridgehead atoms. The summed E-state index contributed by atoms with van der Waals surface area (Å²) in [7, 11) is 0. The summed E-state index contributed by atoms with van der Waals surface area (Å²) in [5, 5.41) is 16.4. The maximum atomic E-state index is 13.1. The van der Waals surface area contributed by atoms with E-state index in [0.29, 0.717) is 23.5 Å². The summed E-state index contributed by atoms with van der Waals surface area (Å²) >= 11 is 0. The Morgan fingerprint density at radius 3 is 2.60 bits per heavy atom. The second-order valence-corrected chi connectivity index (χ2v) is 6.46. The number of rotatable bonds is 6. The smallest absolute Gasteiger partial charge is 0.267 e. The lowest BCUT2D eigenvalue weighted by Gasteiger charge is -2.03. The molecule has 4 rings (SSSR count). The largest absolute Gasteiger partial charge is 0.271 e. The second-order valence-electron chi connectivity index (χ2n) is 6.46. The fourth-order valence-electron chi connectivity index (χ4n) is 2.75. The van der Waals surface area contributed by atoms with E-state index in [1.54, 1.807) is 24.3 Å². The highest BCUT2D eigenvalue weighted by Crippen LogP contribution is 2.12. The van der Waals surface area contributed by atoms with E-state index in [1.807, 2.05) is 42.5 Å². The predicted molar refractivity (Wildman–Crippen MR) is 110 cm³/mol. The third-order valence-electron chi connectivity index (χ3n) is 4.25. The van der Waals surface area contributed by atoms with Gasteiger partial charge < -0.3 is 0 Å². The summed E-state index contributed by atoms with van der Waals surface area (Å²) < 4.78 is 13.1. The summed E-state index contributed by atoms with van der Waals surface area (Å²) in [6, 6.07) is 22.6. The Labute approximate surface area is 171 Å². The van der Waals surface area contributed by atoms with E-state index in [9.17, 15) is 9.18 Å². The molecule has 0 aliphatic carbocycles. The fourth-order valence-corrected chi connectivity index (χ4v) is 2.75. The molecule has 0 unspecified atom stereocenters. The first-order valence-corrected chi connectivity index (χ1v) is 9.18. The van der Waals surface area contributed by atoms with Crippen LogP contribution in [0.15, 0.2) is 84.0 Å². The summed E-state index contributed by atoms with van der Waals surface area (Å²) in [5.41, 5.74) is 5.25. The Morgan fingerprint density at radius 1 is 1.03 bits per heavy atom. The molecule has 1 heterocycles. The average molecular weight is 400 g/mol. The monoisotopic (exact) mass is 400 g/mol. The Morgan fingerprint density at radius 2 is 1.83 bits per heavy atom. The molecule has 0 aliphatic heterocycles. The number of amides is 1. The number of nitrogens with zero attached hydrogens (tertiary/aromatic N) is 5. The number of halogens is 1. The normalized spacial score (nSPS) is 11.0. The van der Waals surface area contributed by atoms with Crippen molar-refractivity contribution in [3.05, 3.63) is 101 Å². The highest BCUT2D eigenvalue weighted by molar-refractivity contribution is 5.94. The Kier molecular flexibility index (Phi) is 5.66. The number of hydrogen-bond donors (Lipinski definition) is 1. The first-order valence-electron chi connectivity index (χ1n) is 9.18. The van der Waals surface area contributed by atoms with Crippen LogP contribution in [0.1, 0.15) is 21.5 Å². The number of benzene rings is 3. The second kappa shape index (κ2) is 8.87. The molecule has 7 nitrogen and oxygen atoms in total. The first kappa shape index (κ1) is 19.1. The zero-order chi connectivity index (χ0) is 20.8. The molecule has 0 saturated carbocycles. The van der Waals surface area contributed by atoms with Gasteiger partial charge in [-0.2, -0.15) is 9.90 Å². The minimum atomic E-state index is -0.362. The first-order chi connectivity index (χ1) is 14.7. The van der Waals surface area contributed by atoms with Crippen molar-refractivity contribution in [2.75, 3.05) is 0 Å². The lowest BCUT2D eigenvalue weighted by molar-refractivity contribution is 0.0955. The number of nitrogens with one attached hydrogen (secondary N) is 1. The highest BCUT2D eigenvalue weighted by atomic mass is 19.1. The maximum Gasteiger partial charge on any atom is 0.271 e. The SMILES string of the molecule is O=C(N/N=C/c1cccc(F)c1)c1ccc(Cn2nnc(-c3ccccc3)n2)cc1. The van der Waals surface area contributed by atoms with Crippen LogP contribution in [0.4, 0.5) is 4.39 Å². The molecule has 1 N–H and O–H groups in total. The third-order valence-corrected chi connectivity index (χ3v) is 4.25. The van der Waals surface area contributed by atoms with Gasteiger partial charge in [-0.1, -0.05) is 54.6 Å². The topological polar surface area (TPSA) is 85.1 Å². The van der Waals surface area contributed by atoms with Gasteiger partial charge in [0.1, 0.15) is 5.82 Å². The summed E-state index contributed by atoms with van der Waals surface area (Å²) in [4.78, 5) is 13.7. The molecular formula is C22H17FN6O. The van der Waals surface area contributed by atoms with Gasteiger partial charge in [-0.3, -0.25) is 4.79 Å². The molecule has 0 spiro atoms. The van der Waals surface area contributed by atoms with Crippen LogP contribution in [0.25, 0.3) is 11.4 Å². The van der Waals surface area contributed by atoms with Crippen LogP contribution in [0.2, 0.25) is 0 Å². The van der Waals surface area contributed by atoms with Crippen molar-refractivity contribution < 1.29 is 9.18 Å². The summed E-state index contributed by atoms with van der Waals surface area (Å²) in [6.07, 6.45) is 1.38.